The van der Waals surface area contributed by atoms with Gasteiger partial charge in [0.25, 0.3) is 0 Å². The number of aromatic nitrogens is 3. The van der Waals surface area contributed by atoms with Crippen molar-refractivity contribution in [3.63, 3.8) is 0 Å². The van der Waals surface area contributed by atoms with E-state index in [4.69, 9.17) is 0 Å². The summed E-state index contributed by atoms with van der Waals surface area (Å²) < 4.78 is 15.4. The molecule has 1 amide bonds. The highest BCUT2D eigenvalue weighted by Gasteiger charge is 2.32. The van der Waals surface area contributed by atoms with Crippen molar-refractivity contribution in [1.82, 2.24) is 14.3 Å². The molecular formula is C13H11FN4O2. The van der Waals surface area contributed by atoms with Gasteiger partial charge in [-0.05, 0) is 24.3 Å². The Morgan fingerprint density at radius 3 is 2.65 bits per heavy atom. The summed E-state index contributed by atoms with van der Waals surface area (Å²) in [5.41, 5.74) is 0.0755. The predicted octanol–water partition coefficient (Wildman–Crippen LogP) is 1.36. The van der Waals surface area contributed by atoms with Gasteiger partial charge in [-0.2, -0.15) is 9.67 Å². The Morgan fingerprint density at radius 2 is 2.00 bits per heavy atom. The van der Waals surface area contributed by atoms with Crippen molar-refractivity contribution >= 4 is 11.7 Å². The van der Waals surface area contributed by atoms with Crippen LogP contribution in [-0.4, -0.2) is 20.4 Å². The number of rotatable bonds is 3. The van der Waals surface area contributed by atoms with Gasteiger partial charge in [0.05, 0.1) is 13.1 Å². The van der Waals surface area contributed by atoms with E-state index in [1.54, 1.807) is 0 Å². The van der Waals surface area contributed by atoms with Crippen LogP contribution in [0.25, 0.3) is 0 Å². The molecular weight excluding hydrogens is 263 g/mol. The van der Waals surface area contributed by atoms with Gasteiger partial charge in [-0.15, -0.1) is 6.58 Å². The van der Waals surface area contributed by atoms with E-state index in [0.717, 1.165) is 0 Å². The molecule has 7 heteroatoms. The fraction of sp³-hybridized carbons (Fsp3) is 0.154. The lowest BCUT2D eigenvalue weighted by Gasteiger charge is -2.15. The van der Waals surface area contributed by atoms with E-state index in [9.17, 15) is 14.0 Å². The first-order valence-corrected chi connectivity index (χ1v) is 5.99. The molecule has 1 aromatic heterocycles. The molecule has 0 aliphatic carbocycles. The largest absolute Gasteiger partial charge is 0.364 e. The van der Waals surface area contributed by atoms with Gasteiger partial charge in [-0.1, -0.05) is 6.08 Å². The highest BCUT2D eigenvalue weighted by Crippen LogP contribution is 2.22. The number of carbonyl (C=O) groups is 1. The zero-order chi connectivity index (χ0) is 14.3. The Balaban J connectivity index is 2.01. The molecule has 0 radical (unpaired) electrons. The van der Waals surface area contributed by atoms with Gasteiger partial charge in [0.2, 0.25) is 0 Å². The molecule has 0 unspecified atom stereocenters. The van der Waals surface area contributed by atoms with Crippen molar-refractivity contribution in [2.45, 2.75) is 13.1 Å². The Bertz CT molecular complexity index is 745. The number of halogens is 1. The summed E-state index contributed by atoms with van der Waals surface area (Å²) >= 11 is 0. The maximum Gasteiger partial charge on any atom is 0.364 e. The predicted molar refractivity (Wildman–Crippen MR) is 70.1 cm³/mol. The van der Waals surface area contributed by atoms with Crippen LogP contribution in [0, 0.1) is 5.82 Å². The molecule has 1 aromatic carbocycles. The molecule has 0 bridgehead atoms. The lowest BCUT2D eigenvalue weighted by molar-refractivity contribution is 0.244. The van der Waals surface area contributed by atoms with Crippen LogP contribution in [0.1, 0.15) is 5.82 Å². The van der Waals surface area contributed by atoms with Crippen LogP contribution >= 0.6 is 0 Å². The molecule has 0 fully saturated rings. The first kappa shape index (κ1) is 12.3. The quantitative estimate of drug-likeness (QED) is 0.794. The van der Waals surface area contributed by atoms with Crippen molar-refractivity contribution in [3.8, 4) is 0 Å². The van der Waals surface area contributed by atoms with E-state index in [0.29, 0.717) is 11.5 Å². The number of fused-ring (bicyclic) bond motifs is 1. The molecule has 3 rings (SSSR count). The number of allylic oxidation sites excluding steroid dienone is 1. The lowest BCUT2D eigenvalue weighted by Crippen LogP contribution is -2.33. The molecule has 2 aromatic rings. The first-order valence-electron chi connectivity index (χ1n) is 5.99. The number of amides is 1. The standard InChI is InChI=1S/C13H11FN4O2/c1-2-7-17-12(19)15-11-8-16(13(20)18(11)17)10-5-3-9(14)4-6-10/h2-6H,1,7-8H2. The molecule has 6 nitrogen and oxygen atoms in total. The summed E-state index contributed by atoms with van der Waals surface area (Å²) in [5.74, 6) is -0.00660. The van der Waals surface area contributed by atoms with Crippen LogP contribution in [0.2, 0.25) is 0 Å². The number of hydrogen-bond acceptors (Lipinski definition) is 3. The van der Waals surface area contributed by atoms with Crippen LogP contribution in [0.15, 0.2) is 41.7 Å². The Hall–Kier alpha value is -2.70. The van der Waals surface area contributed by atoms with E-state index >= 15 is 0 Å². The third-order valence-corrected chi connectivity index (χ3v) is 3.08. The van der Waals surface area contributed by atoms with Gasteiger partial charge in [0.1, 0.15) is 5.82 Å². The molecule has 20 heavy (non-hydrogen) atoms. The minimum absolute atomic E-state index is 0.184. The van der Waals surface area contributed by atoms with Gasteiger partial charge < -0.3 is 0 Å². The molecule has 0 N–H and O–H groups in total. The summed E-state index contributed by atoms with van der Waals surface area (Å²) in [5, 5.41) is 0. The van der Waals surface area contributed by atoms with Crippen molar-refractivity contribution < 1.29 is 9.18 Å². The second kappa shape index (κ2) is 4.44. The fourth-order valence-electron chi connectivity index (χ4n) is 2.18. The average molecular weight is 274 g/mol. The third-order valence-electron chi connectivity index (χ3n) is 3.08. The lowest BCUT2D eigenvalue weighted by atomic mass is 10.3. The zero-order valence-electron chi connectivity index (χ0n) is 10.5. The van der Waals surface area contributed by atoms with E-state index in [1.807, 2.05) is 0 Å². The number of anilines is 1. The van der Waals surface area contributed by atoms with Gasteiger partial charge in [-0.3, -0.25) is 4.90 Å². The summed E-state index contributed by atoms with van der Waals surface area (Å²) in [7, 11) is 0. The molecule has 0 saturated heterocycles. The normalized spacial score (nSPS) is 13.7. The number of hydrogen-bond donors (Lipinski definition) is 0. The van der Waals surface area contributed by atoms with Crippen molar-refractivity contribution in [3.05, 3.63) is 59.0 Å². The average Bonchev–Trinajstić information content (AvgIpc) is 2.89. The summed E-state index contributed by atoms with van der Waals surface area (Å²) in [6.45, 7) is 3.93. The first-order chi connectivity index (χ1) is 9.61. The molecule has 0 atom stereocenters. The maximum absolute atomic E-state index is 12.9. The van der Waals surface area contributed by atoms with Crippen LogP contribution in [0.4, 0.5) is 14.9 Å². The number of carbonyl (C=O) groups excluding carboxylic acids is 1. The van der Waals surface area contributed by atoms with E-state index in [1.165, 1.54) is 44.6 Å². The Morgan fingerprint density at radius 1 is 1.30 bits per heavy atom. The van der Waals surface area contributed by atoms with Gasteiger partial charge in [0.15, 0.2) is 5.82 Å². The maximum atomic E-state index is 12.9. The van der Waals surface area contributed by atoms with Crippen LogP contribution in [-0.2, 0) is 13.1 Å². The molecule has 2 heterocycles. The highest BCUT2D eigenvalue weighted by atomic mass is 19.1. The topological polar surface area (TPSA) is 60.1 Å². The smallest absolute Gasteiger partial charge is 0.285 e. The monoisotopic (exact) mass is 274 g/mol. The summed E-state index contributed by atoms with van der Waals surface area (Å²) in [6.07, 6.45) is 1.52. The van der Waals surface area contributed by atoms with Gasteiger partial charge in [-0.25, -0.2) is 18.7 Å². The van der Waals surface area contributed by atoms with Crippen molar-refractivity contribution in [1.29, 1.82) is 0 Å². The molecule has 0 saturated carbocycles. The SMILES string of the molecule is C=CCn1c(=O)nc2n1C(=O)N(c1ccc(F)cc1)C2. The van der Waals surface area contributed by atoms with Gasteiger partial charge in [0, 0.05) is 5.69 Å². The second-order valence-corrected chi connectivity index (χ2v) is 4.34. The van der Waals surface area contributed by atoms with E-state index in [2.05, 4.69) is 11.6 Å². The zero-order valence-corrected chi connectivity index (χ0v) is 10.5. The van der Waals surface area contributed by atoms with Crippen molar-refractivity contribution in [2.75, 3.05) is 4.90 Å². The van der Waals surface area contributed by atoms with E-state index < -0.39 is 5.69 Å². The Labute approximate surface area is 113 Å². The van der Waals surface area contributed by atoms with Crippen molar-refractivity contribution in [2.24, 2.45) is 0 Å². The number of benzene rings is 1. The van der Waals surface area contributed by atoms with Crippen LogP contribution in [0.5, 0.6) is 0 Å². The Kier molecular flexibility index (Phi) is 2.74. The molecule has 0 spiro atoms. The molecule has 1 aliphatic rings. The number of nitrogens with zero attached hydrogens (tertiary/aromatic N) is 4. The molecule has 102 valence electrons. The second-order valence-electron chi connectivity index (χ2n) is 4.34. The summed E-state index contributed by atoms with van der Waals surface area (Å²) in [4.78, 5) is 29.3. The van der Waals surface area contributed by atoms with Gasteiger partial charge >= 0.3 is 11.7 Å². The summed E-state index contributed by atoms with van der Waals surface area (Å²) in [6, 6.07) is 5.19. The minimum atomic E-state index is -0.480. The van der Waals surface area contributed by atoms with E-state index in [-0.39, 0.29) is 24.9 Å². The molecule has 1 aliphatic heterocycles. The minimum Gasteiger partial charge on any atom is -0.285 e. The fourth-order valence-corrected chi connectivity index (χ4v) is 2.18. The third kappa shape index (κ3) is 1.75. The van der Waals surface area contributed by atoms with Crippen LogP contribution < -0.4 is 10.6 Å². The van der Waals surface area contributed by atoms with Crippen LogP contribution in [0.3, 0.4) is 0 Å². The highest BCUT2D eigenvalue weighted by molar-refractivity contribution is 5.95.